The van der Waals surface area contributed by atoms with E-state index in [1.165, 1.54) is 23.5 Å². The number of sulfonamides is 1. The molecule has 1 aromatic heterocycles. The third-order valence-electron chi connectivity index (χ3n) is 2.68. The fourth-order valence-corrected chi connectivity index (χ4v) is 2.47. The molecule has 1 N–H and O–H groups in total. The van der Waals surface area contributed by atoms with Gasteiger partial charge in [0.1, 0.15) is 0 Å². The van der Waals surface area contributed by atoms with Gasteiger partial charge in [-0.15, -0.1) is 0 Å². The van der Waals surface area contributed by atoms with Crippen LogP contribution >= 0.6 is 0 Å². The zero-order valence-corrected chi connectivity index (χ0v) is 12.0. The molecule has 1 aromatic rings. The van der Waals surface area contributed by atoms with E-state index in [0.717, 1.165) is 12.6 Å². The number of pyridine rings is 1. The van der Waals surface area contributed by atoms with Crippen molar-refractivity contribution in [2.45, 2.75) is 25.3 Å². The van der Waals surface area contributed by atoms with E-state index in [1.807, 2.05) is 13.8 Å². The van der Waals surface area contributed by atoms with Crippen LogP contribution in [0.5, 0.6) is 0 Å². The van der Waals surface area contributed by atoms with Gasteiger partial charge >= 0.3 is 5.97 Å². The van der Waals surface area contributed by atoms with Gasteiger partial charge in [-0.25, -0.2) is 18.2 Å². The highest BCUT2D eigenvalue weighted by atomic mass is 32.2. The number of carboxylic acids is 1. The summed E-state index contributed by atoms with van der Waals surface area (Å²) in [6, 6.07) is 2.45. The van der Waals surface area contributed by atoms with E-state index in [9.17, 15) is 13.2 Å². The van der Waals surface area contributed by atoms with Crippen LogP contribution in [-0.4, -0.2) is 42.4 Å². The maximum Gasteiger partial charge on any atom is 0.337 e. The van der Waals surface area contributed by atoms with E-state index in [0.29, 0.717) is 12.5 Å². The molecular weight excluding hydrogens is 268 g/mol. The number of carboxylic acid groups (broad SMARTS) is 1. The van der Waals surface area contributed by atoms with Crippen molar-refractivity contribution in [2.75, 3.05) is 13.6 Å². The summed E-state index contributed by atoms with van der Waals surface area (Å²) in [5.74, 6) is -0.732. The Morgan fingerprint density at radius 3 is 2.47 bits per heavy atom. The van der Waals surface area contributed by atoms with Gasteiger partial charge in [-0.05, 0) is 24.5 Å². The maximum absolute atomic E-state index is 12.1. The molecule has 19 heavy (non-hydrogen) atoms. The van der Waals surface area contributed by atoms with Gasteiger partial charge in [0.2, 0.25) is 0 Å². The lowest BCUT2D eigenvalue weighted by molar-refractivity contribution is 0.0696. The molecule has 106 valence electrons. The van der Waals surface area contributed by atoms with Crippen molar-refractivity contribution in [1.82, 2.24) is 9.29 Å². The second-order valence-electron chi connectivity index (χ2n) is 4.70. The van der Waals surface area contributed by atoms with Crippen LogP contribution in [0.4, 0.5) is 0 Å². The Morgan fingerprint density at radius 1 is 1.42 bits per heavy atom. The fourth-order valence-electron chi connectivity index (χ4n) is 1.38. The van der Waals surface area contributed by atoms with Crippen LogP contribution in [0, 0.1) is 5.92 Å². The second-order valence-corrected chi connectivity index (χ2v) is 6.69. The number of aromatic carboxylic acids is 1. The monoisotopic (exact) mass is 286 g/mol. The SMILES string of the molecule is CC(C)CCN(C)S(=O)(=O)c1ccc(C(=O)O)cn1. The summed E-state index contributed by atoms with van der Waals surface area (Å²) in [7, 11) is -2.16. The van der Waals surface area contributed by atoms with E-state index in [-0.39, 0.29) is 10.6 Å². The van der Waals surface area contributed by atoms with Gasteiger partial charge in [0.15, 0.2) is 5.03 Å². The lowest BCUT2D eigenvalue weighted by Gasteiger charge is -2.17. The van der Waals surface area contributed by atoms with Crippen LogP contribution in [0.15, 0.2) is 23.4 Å². The summed E-state index contributed by atoms with van der Waals surface area (Å²) in [5.41, 5.74) is -0.0382. The summed E-state index contributed by atoms with van der Waals surface area (Å²) in [5, 5.41) is 8.60. The minimum atomic E-state index is -3.65. The van der Waals surface area contributed by atoms with Gasteiger partial charge in [0, 0.05) is 19.8 Å². The molecule has 0 aliphatic carbocycles. The molecule has 0 aromatic carbocycles. The summed E-state index contributed by atoms with van der Waals surface area (Å²) < 4.78 is 25.5. The largest absolute Gasteiger partial charge is 0.478 e. The molecule has 0 aliphatic heterocycles. The van der Waals surface area contributed by atoms with Gasteiger partial charge in [-0.1, -0.05) is 13.8 Å². The summed E-state index contributed by atoms with van der Waals surface area (Å²) in [6.45, 7) is 4.43. The molecule has 0 unspecified atom stereocenters. The zero-order valence-electron chi connectivity index (χ0n) is 11.2. The molecule has 0 saturated carbocycles. The van der Waals surface area contributed by atoms with E-state index >= 15 is 0 Å². The molecule has 1 heterocycles. The molecule has 0 spiro atoms. The average Bonchev–Trinajstić information content (AvgIpc) is 2.35. The highest BCUT2D eigenvalue weighted by Gasteiger charge is 2.22. The lowest BCUT2D eigenvalue weighted by Crippen LogP contribution is -2.29. The molecule has 0 bridgehead atoms. The first-order valence-electron chi connectivity index (χ1n) is 5.91. The van der Waals surface area contributed by atoms with Crippen molar-refractivity contribution in [2.24, 2.45) is 5.92 Å². The standard InChI is InChI=1S/C12H18N2O4S/c1-9(2)6-7-14(3)19(17,18)11-5-4-10(8-13-11)12(15)16/h4-5,8-9H,6-7H2,1-3H3,(H,15,16). The first kappa shape index (κ1) is 15.6. The smallest absolute Gasteiger partial charge is 0.337 e. The topological polar surface area (TPSA) is 87.6 Å². The zero-order chi connectivity index (χ0) is 14.6. The Morgan fingerprint density at radius 2 is 2.05 bits per heavy atom. The molecule has 0 radical (unpaired) electrons. The van der Waals surface area contributed by atoms with Crippen LogP contribution in [0.2, 0.25) is 0 Å². The van der Waals surface area contributed by atoms with Gasteiger partial charge in [0.25, 0.3) is 10.0 Å². The van der Waals surface area contributed by atoms with Crippen molar-refractivity contribution < 1.29 is 18.3 Å². The van der Waals surface area contributed by atoms with Crippen molar-refractivity contribution in [3.05, 3.63) is 23.9 Å². The maximum atomic E-state index is 12.1. The van der Waals surface area contributed by atoms with Crippen LogP contribution in [0.3, 0.4) is 0 Å². The number of carbonyl (C=O) groups is 1. The van der Waals surface area contributed by atoms with E-state index in [2.05, 4.69) is 4.98 Å². The first-order chi connectivity index (χ1) is 8.75. The third-order valence-corrected chi connectivity index (χ3v) is 4.45. The quantitative estimate of drug-likeness (QED) is 0.855. The van der Waals surface area contributed by atoms with Gasteiger partial charge in [0.05, 0.1) is 5.56 Å². The molecule has 0 fully saturated rings. The lowest BCUT2D eigenvalue weighted by atomic mass is 10.1. The van der Waals surface area contributed by atoms with Crippen LogP contribution in [0.25, 0.3) is 0 Å². The van der Waals surface area contributed by atoms with Gasteiger partial charge < -0.3 is 5.11 Å². The number of hydrogen-bond acceptors (Lipinski definition) is 4. The Hall–Kier alpha value is -1.47. The number of nitrogens with zero attached hydrogens (tertiary/aromatic N) is 2. The minimum absolute atomic E-state index is 0.0382. The molecule has 0 saturated heterocycles. The van der Waals surface area contributed by atoms with Crippen LogP contribution in [0.1, 0.15) is 30.6 Å². The molecule has 6 nitrogen and oxygen atoms in total. The Bertz CT molecular complexity index is 537. The van der Waals surface area contributed by atoms with Crippen molar-refractivity contribution in [1.29, 1.82) is 0 Å². The Labute approximate surface area is 113 Å². The molecule has 0 amide bonds. The van der Waals surface area contributed by atoms with E-state index < -0.39 is 16.0 Å². The average molecular weight is 286 g/mol. The second kappa shape index (κ2) is 6.12. The van der Waals surface area contributed by atoms with Crippen molar-refractivity contribution in [3.63, 3.8) is 0 Å². The summed E-state index contributed by atoms with van der Waals surface area (Å²) >= 11 is 0. The van der Waals surface area contributed by atoms with Crippen molar-refractivity contribution in [3.8, 4) is 0 Å². The minimum Gasteiger partial charge on any atom is -0.478 e. The summed E-state index contributed by atoms with van der Waals surface area (Å²) in [6.07, 6.45) is 1.80. The molecule has 0 aliphatic rings. The number of aromatic nitrogens is 1. The highest BCUT2D eigenvalue weighted by molar-refractivity contribution is 7.89. The van der Waals surface area contributed by atoms with E-state index in [4.69, 9.17) is 5.11 Å². The predicted octanol–water partition coefficient (Wildman–Crippen LogP) is 1.45. The number of hydrogen-bond donors (Lipinski definition) is 1. The van der Waals surface area contributed by atoms with Crippen LogP contribution in [-0.2, 0) is 10.0 Å². The summed E-state index contributed by atoms with van der Waals surface area (Å²) in [4.78, 5) is 14.4. The Kier molecular flexibility index (Phi) is 5.02. The Balaban J connectivity index is 2.90. The molecule has 7 heteroatoms. The first-order valence-corrected chi connectivity index (χ1v) is 7.35. The van der Waals surface area contributed by atoms with E-state index in [1.54, 1.807) is 0 Å². The normalized spacial score (nSPS) is 12.1. The van der Waals surface area contributed by atoms with Gasteiger partial charge in [-0.2, -0.15) is 4.31 Å². The van der Waals surface area contributed by atoms with Crippen molar-refractivity contribution >= 4 is 16.0 Å². The number of rotatable bonds is 6. The molecule has 1 rings (SSSR count). The van der Waals surface area contributed by atoms with Crippen LogP contribution < -0.4 is 0 Å². The highest BCUT2D eigenvalue weighted by Crippen LogP contribution is 2.13. The van der Waals surface area contributed by atoms with Gasteiger partial charge in [-0.3, -0.25) is 0 Å². The molecule has 0 atom stereocenters. The fraction of sp³-hybridized carbons (Fsp3) is 0.500. The molecular formula is C12H18N2O4S. The third kappa shape index (κ3) is 4.00. The predicted molar refractivity (Wildman–Crippen MR) is 70.5 cm³/mol.